The van der Waals surface area contributed by atoms with Crippen LogP contribution in [0.5, 0.6) is 0 Å². The monoisotopic (exact) mass is 674 g/mol. The minimum atomic E-state index is -4.69. The van der Waals surface area contributed by atoms with Crippen molar-refractivity contribution in [3.05, 3.63) is 103 Å². The van der Waals surface area contributed by atoms with Crippen molar-refractivity contribution in [3.8, 4) is 0 Å². The van der Waals surface area contributed by atoms with Crippen LogP contribution in [-0.4, -0.2) is 32.5 Å². The molecule has 8 nitrogen and oxygen atoms in total. The summed E-state index contributed by atoms with van der Waals surface area (Å²) >= 11 is 5.20. The first-order valence-corrected chi connectivity index (χ1v) is 14.9. The van der Waals surface area contributed by atoms with Crippen LogP contribution < -0.4 is 15.1 Å². The molecule has 0 aliphatic carbocycles. The lowest BCUT2D eigenvalue weighted by Gasteiger charge is -2.30. The van der Waals surface area contributed by atoms with Crippen molar-refractivity contribution < 1.29 is 27.6 Å². The number of benzene rings is 2. The lowest BCUT2D eigenvalue weighted by molar-refractivity contribution is -0.137. The molecule has 3 atom stereocenters. The van der Waals surface area contributed by atoms with Gasteiger partial charge < -0.3 is 5.32 Å². The number of anilines is 2. The SMILES string of the molecule is O=C(Cn1c2c(sc1=O)[C@@H](c1cccnc1)[C@@H]1C(=O)N(c3ccc(Br)cc3)C(=O)[C@@H]1S2)Nc1ccccc1C(F)(F)F. The number of para-hydroxylation sites is 1. The van der Waals surface area contributed by atoms with Gasteiger partial charge in [0.1, 0.15) is 11.8 Å². The lowest BCUT2D eigenvalue weighted by atomic mass is 9.84. The molecule has 3 amide bonds. The number of aromatic nitrogens is 2. The van der Waals surface area contributed by atoms with Gasteiger partial charge in [-0.25, -0.2) is 4.90 Å². The van der Waals surface area contributed by atoms with E-state index in [2.05, 4.69) is 26.2 Å². The number of halogens is 4. The highest BCUT2D eigenvalue weighted by atomic mass is 79.9. The normalized spacial score (nSPS) is 19.9. The molecule has 214 valence electrons. The summed E-state index contributed by atoms with van der Waals surface area (Å²) in [5, 5.41) is 1.67. The Hall–Kier alpha value is -3.75. The topological polar surface area (TPSA) is 101 Å². The van der Waals surface area contributed by atoms with Crippen LogP contribution in [0.15, 0.2) is 87.4 Å². The van der Waals surface area contributed by atoms with Gasteiger partial charge in [-0.2, -0.15) is 13.2 Å². The van der Waals surface area contributed by atoms with E-state index in [0.717, 1.165) is 49.2 Å². The number of imide groups is 1. The van der Waals surface area contributed by atoms with E-state index in [-0.39, 0.29) is 0 Å². The fourth-order valence-corrected chi connectivity index (χ4v) is 8.23. The number of hydrogen-bond donors (Lipinski definition) is 1. The molecule has 4 aromatic rings. The van der Waals surface area contributed by atoms with Gasteiger partial charge in [0.2, 0.25) is 17.7 Å². The Labute approximate surface area is 252 Å². The number of hydrogen-bond acceptors (Lipinski definition) is 7. The molecule has 0 saturated carbocycles. The quantitative estimate of drug-likeness (QED) is 0.280. The molecular formula is C28H18BrF3N4O4S2. The van der Waals surface area contributed by atoms with Crippen molar-refractivity contribution >= 4 is 68.1 Å². The number of carbonyl (C=O) groups excluding carboxylic acids is 3. The second-order valence-electron chi connectivity index (χ2n) is 9.53. The number of thioether (sulfide) groups is 1. The molecule has 6 rings (SSSR count). The summed E-state index contributed by atoms with van der Waals surface area (Å²) in [5.41, 5.74) is -0.439. The smallest absolute Gasteiger partial charge is 0.324 e. The molecule has 0 bridgehead atoms. The predicted molar refractivity (Wildman–Crippen MR) is 155 cm³/mol. The third-order valence-electron chi connectivity index (χ3n) is 6.99. The fourth-order valence-electron chi connectivity index (χ4n) is 5.19. The first-order chi connectivity index (χ1) is 20.0. The van der Waals surface area contributed by atoms with Crippen LogP contribution in [-0.2, 0) is 27.1 Å². The Bertz CT molecular complexity index is 1780. The summed E-state index contributed by atoms with van der Waals surface area (Å²) in [4.78, 5) is 59.0. The van der Waals surface area contributed by atoms with Gasteiger partial charge >= 0.3 is 11.0 Å². The van der Waals surface area contributed by atoms with Gasteiger partial charge in [0.15, 0.2) is 0 Å². The van der Waals surface area contributed by atoms with Gasteiger partial charge in [0, 0.05) is 27.7 Å². The second-order valence-corrected chi connectivity index (χ2v) is 12.6. The molecule has 0 radical (unpaired) electrons. The maximum Gasteiger partial charge on any atom is 0.418 e. The third kappa shape index (κ3) is 4.96. The molecule has 2 aromatic heterocycles. The van der Waals surface area contributed by atoms with E-state index in [1.807, 2.05) is 0 Å². The maximum atomic E-state index is 13.8. The van der Waals surface area contributed by atoms with Gasteiger partial charge in [0.25, 0.3) is 0 Å². The van der Waals surface area contributed by atoms with Gasteiger partial charge in [-0.15, -0.1) is 0 Å². The average molecular weight is 676 g/mol. The molecule has 42 heavy (non-hydrogen) atoms. The first kappa shape index (κ1) is 28.4. The van der Waals surface area contributed by atoms with Crippen LogP contribution in [0.1, 0.15) is 21.9 Å². The van der Waals surface area contributed by atoms with Crippen LogP contribution in [0.3, 0.4) is 0 Å². The predicted octanol–water partition coefficient (Wildman–Crippen LogP) is 5.52. The van der Waals surface area contributed by atoms with Crippen molar-refractivity contribution in [1.82, 2.24) is 9.55 Å². The van der Waals surface area contributed by atoms with Crippen molar-refractivity contribution in [2.75, 3.05) is 10.2 Å². The summed E-state index contributed by atoms with van der Waals surface area (Å²) in [7, 11) is 0. The Morgan fingerprint density at radius 1 is 1.00 bits per heavy atom. The van der Waals surface area contributed by atoms with Gasteiger partial charge in [-0.05, 0) is 48.0 Å². The zero-order valence-electron chi connectivity index (χ0n) is 21.2. The molecule has 0 unspecified atom stereocenters. The molecule has 1 N–H and O–H groups in total. The highest BCUT2D eigenvalue weighted by Crippen LogP contribution is 2.53. The highest BCUT2D eigenvalue weighted by molar-refractivity contribution is 9.10. The number of nitrogens with one attached hydrogen (secondary N) is 1. The molecule has 0 spiro atoms. The summed E-state index contributed by atoms with van der Waals surface area (Å²) in [5.74, 6) is -3.29. The van der Waals surface area contributed by atoms with Gasteiger partial charge in [-0.3, -0.25) is 28.7 Å². The maximum absolute atomic E-state index is 13.8. The molecule has 4 heterocycles. The molecule has 1 fully saturated rings. The molecular weight excluding hydrogens is 657 g/mol. The zero-order valence-corrected chi connectivity index (χ0v) is 24.4. The van der Waals surface area contributed by atoms with E-state index >= 15 is 0 Å². The number of amides is 3. The number of carbonyl (C=O) groups is 3. The van der Waals surface area contributed by atoms with Gasteiger partial charge in [0.05, 0.1) is 27.9 Å². The summed E-state index contributed by atoms with van der Waals surface area (Å²) in [6, 6.07) is 14.7. The lowest BCUT2D eigenvalue weighted by Crippen LogP contribution is -2.33. The van der Waals surface area contributed by atoms with Crippen LogP contribution in [0.2, 0.25) is 0 Å². The third-order valence-corrected chi connectivity index (χ3v) is 10.1. The molecule has 1 saturated heterocycles. The molecule has 2 aromatic carbocycles. The molecule has 2 aliphatic heterocycles. The highest BCUT2D eigenvalue weighted by Gasteiger charge is 2.57. The van der Waals surface area contributed by atoms with E-state index < -0.39 is 63.7 Å². The summed E-state index contributed by atoms with van der Waals surface area (Å²) in [6.45, 7) is -0.584. The van der Waals surface area contributed by atoms with Crippen molar-refractivity contribution in [2.45, 2.75) is 28.9 Å². The van der Waals surface area contributed by atoms with Gasteiger partial charge in [-0.1, -0.05) is 57.2 Å². The molecule has 2 aliphatic rings. The van der Waals surface area contributed by atoms with E-state index in [4.69, 9.17) is 0 Å². The molecule has 14 heteroatoms. The Morgan fingerprint density at radius 2 is 1.74 bits per heavy atom. The second kappa shape index (κ2) is 10.8. The van der Waals surface area contributed by atoms with E-state index in [1.54, 1.807) is 48.8 Å². The standard InChI is InChI=1S/C28H18BrF3N4O4S2/c29-15-7-9-16(10-8-15)36-24(38)21-20(14-4-3-11-33-12-14)23-26(41-22(21)25(36)39)35(27(40)42-23)13-19(37)34-18-6-2-1-5-17(18)28(30,31)32/h1-12,20-22H,13H2,(H,34,37)/t20-,21-,22+/m0/s1. The van der Waals surface area contributed by atoms with E-state index in [0.29, 0.717) is 21.2 Å². The number of alkyl halides is 3. The Morgan fingerprint density at radius 3 is 2.43 bits per heavy atom. The van der Waals surface area contributed by atoms with Crippen LogP contribution in [0.4, 0.5) is 24.5 Å². The van der Waals surface area contributed by atoms with E-state index in [1.165, 1.54) is 12.1 Å². The van der Waals surface area contributed by atoms with Crippen LogP contribution >= 0.6 is 39.0 Å². The largest absolute Gasteiger partial charge is 0.418 e. The number of thiazole rings is 1. The van der Waals surface area contributed by atoms with Crippen molar-refractivity contribution in [3.63, 3.8) is 0 Å². The fraction of sp³-hybridized carbons (Fsp3) is 0.179. The minimum Gasteiger partial charge on any atom is -0.324 e. The van der Waals surface area contributed by atoms with E-state index in [9.17, 15) is 32.3 Å². The summed E-state index contributed by atoms with van der Waals surface area (Å²) in [6.07, 6.45) is -1.57. The van der Waals surface area contributed by atoms with Crippen molar-refractivity contribution in [2.24, 2.45) is 5.92 Å². The van der Waals surface area contributed by atoms with Crippen LogP contribution in [0.25, 0.3) is 0 Å². The number of fused-ring (bicyclic) bond motifs is 2. The minimum absolute atomic E-state index is 0.318. The van der Waals surface area contributed by atoms with Crippen LogP contribution in [0, 0.1) is 5.92 Å². The number of rotatable bonds is 5. The Kier molecular flexibility index (Phi) is 7.31. The zero-order chi connectivity index (χ0) is 29.8. The number of pyridine rings is 1. The summed E-state index contributed by atoms with van der Waals surface area (Å²) < 4.78 is 42.3. The van der Waals surface area contributed by atoms with Crippen molar-refractivity contribution in [1.29, 1.82) is 0 Å². The Balaban J connectivity index is 1.38. The average Bonchev–Trinajstić information content (AvgIpc) is 3.40. The first-order valence-electron chi connectivity index (χ1n) is 12.4. The number of nitrogens with zero attached hydrogens (tertiary/aromatic N) is 3.